The van der Waals surface area contributed by atoms with Gasteiger partial charge in [0.1, 0.15) is 36.2 Å². The van der Waals surface area contributed by atoms with Crippen molar-refractivity contribution in [3.63, 3.8) is 0 Å². The third-order valence-electron chi connectivity index (χ3n) is 4.62. The molecule has 0 aromatic heterocycles. The van der Waals surface area contributed by atoms with Crippen LogP contribution in [-0.2, 0) is 16.1 Å². The fourth-order valence-corrected chi connectivity index (χ4v) is 3.08. The highest BCUT2D eigenvalue weighted by Crippen LogP contribution is 2.23. The average Bonchev–Trinajstić information content (AvgIpc) is 2.69. The van der Waals surface area contributed by atoms with Crippen LogP contribution in [0, 0.1) is 24.0 Å². The van der Waals surface area contributed by atoms with Crippen molar-refractivity contribution in [1.82, 2.24) is 9.80 Å². The smallest absolute Gasteiger partial charge is 0.410 e. The van der Waals surface area contributed by atoms with Gasteiger partial charge in [-0.15, -0.1) is 6.42 Å². The fourth-order valence-electron chi connectivity index (χ4n) is 3.08. The second-order valence-corrected chi connectivity index (χ2v) is 8.09. The summed E-state index contributed by atoms with van der Waals surface area (Å²) in [4.78, 5) is 27.8. The first-order chi connectivity index (χ1) is 14.6. The minimum Gasteiger partial charge on any atom is -0.481 e. The van der Waals surface area contributed by atoms with E-state index in [0.29, 0.717) is 6.42 Å². The Hall–Kier alpha value is -3.02. The number of carbonyl (C=O) groups is 2. The van der Waals surface area contributed by atoms with Gasteiger partial charge in [0, 0.05) is 31.8 Å². The number of halogens is 2. The molecule has 0 N–H and O–H groups in total. The Labute approximate surface area is 181 Å². The van der Waals surface area contributed by atoms with Crippen molar-refractivity contribution in [3.05, 3.63) is 29.3 Å². The van der Waals surface area contributed by atoms with Crippen LogP contribution in [0.25, 0.3) is 0 Å². The first-order valence-corrected chi connectivity index (χ1v) is 10.0. The van der Waals surface area contributed by atoms with Gasteiger partial charge in [-0.3, -0.25) is 0 Å². The zero-order valence-electron chi connectivity index (χ0n) is 18.2. The van der Waals surface area contributed by atoms with Crippen molar-refractivity contribution in [2.75, 3.05) is 26.2 Å². The van der Waals surface area contributed by atoms with Crippen LogP contribution in [0.4, 0.5) is 18.4 Å². The summed E-state index contributed by atoms with van der Waals surface area (Å²) in [6.45, 7) is 7.29. The maximum Gasteiger partial charge on any atom is 0.410 e. The molecule has 7 nitrogen and oxygen atoms in total. The van der Waals surface area contributed by atoms with Crippen LogP contribution >= 0.6 is 0 Å². The molecule has 0 spiro atoms. The number of benzene rings is 1. The number of hydrogen-bond donors (Lipinski definition) is 0. The molecule has 1 aliphatic rings. The molecule has 170 valence electrons. The Morgan fingerprint density at radius 3 is 2.39 bits per heavy atom. The monoisotopic (exact) mass is 438 g/mol. The highest BCUT2D eigenvalue weighted by atomic mass is 19.1. The van der Waals surface area contributed by atoms with Crippen LogP contribution in [0.2, 0.25) is 0 Å². The van der Waals surface area contributed by atoms with Gasteiger partial charge in [0.15, 0.2) is 0 Å². The first kappa shape index (κ1) is 24.3. The Morgan fingerprint density at radius 1 is 1.19 bits per heavy atom. The molecule has 1 aliphatic heterocycles. The summed E-state index contributed by atoms with van der Waals surface area (Å²) in [6.07, 6.45) is 4.47. The van der Waals surface area contributed by atoms with Crippen LogP contribution in [0.15, 0.2) is 12.1 Å². The van der Waals surface area contributed by atoms with Crippen LogP contribution in [-0.4, -0.2) is 59.9 Å². The highest BCUT2D eigenvalue weighted by molar-refractivity contribution is 5.71. The van der Waals surface area contributed by atoms with Crippen molar-refractivity contribution >= 4 is 12.2 Å². The summed E-state index contributed by atoms with van der Waals surface area (Å²) in [6, 6.07) is 1.67. The number of nitrogens with zero attached hydrogens (tertiary/aromatic N) is 2. The molecule has 31 heavy (non-hydrogen) atoms. The lowest BCUT2D eigenvalue weighted by atomic mass is 10.1. The number of piperazine rings is 1. The summed E-state index contributed by atoms with van der Waals surface area (Å²) >= 11 is 0. The molecule has 1 saturated heterocycles. The summed E-state index contributed by atoms with van der Waals surface area (Å²) in [7, 11) is 0. The fraction of sp³-hybridized carbons (Fsp3) is 0.545. The van der Waals surface area contributed by atoms with E-state index in [0.717, 1.165) is 12.1 Å². The van der Waals surface area contributed by atoms with E-state index in [-0.39, 0.29) is 43.6 Å². The molecule has 1 aromatic carbocycles. The van der Waals surface area contributed by atoms with Crippen LogP contribution in [0.3, 0.4) is 0 Å². The molecule has 1 aromatic rings. The predicted octanol–water partition coefficient (Wildman–Crippen LogP) is 3.94. The molecule has 0 bridgehead atoms. The summed E-state index contributed by atoms with van der Waals surface area (Å²) in [5.74, 6) is 0.351. The zero-order chi connectivity index (χ0) is 23.2. The second-order valence-electron chi connectivity index (χ2n) is 8.09. The van der Waals surface area contributed by atoms with Crippen molar-refractivity contribution in [1.29, 1.82) is 0 Å². The van der Waals surface area contributed by atoms with Crippen LogP contribution < -0.4 is 4.74 Å². The third kappa shape index (κ3) is 6.74. The van der Waals surface area contributed by atoms with Gasteiger partial charge < -0.3 is 24.0 Å². The van der Waals surface area contributed by atoms with Crippen molar-refractivity contribution in [2.45, 2.75) is 52.4 Å². The summed E-state index contributed by atoms with van der Waals surface area (Å²) < 4.78 is 44.0. The van der Waals surface area contributed by atoms with Gasteiger partial charge in [-0.25, -0.2) is 18.4 Å². The van der Waals surface area contributed by atoms with Gasteiger partial charge >= 0.3 is 12.2 Å². The van der Waals surface area contributed by atoms with Gasteiger partial charge in [0.2, 0.25) is 0 Å². The lowest BCUT2D eigenvalue weighted by Crippen LogP contribution is -2.57. The number of amides is 2. The van der Waals surface area contributed by atoms with E-state index >= 15 is 0 Å². The molecule has 1 atom stereocenters. The topological polar surface area (TPSA) is 68.3 Å². The van der Waals surface area contributed by atoms with Crippen LogP contribution in [0.1, 0.15) is 39.7 Å². The molecule has 0 saturated carbocycles. The van der Waals surface area contributed by atoms with E-state index in [1.54, 1.807) is 20.8 Å². The van der Waals surface area contributed by atoms with Gasteiger partial charge in [-0.05, 0) is 27.2 Å². The predicted molar refractivity (Wildman–Crippen MR) is 109 cm³/mol. The molecule has 2 amide bonds. The Morgan fingerprint density at radius 2 is 1.84 bits per heavy atom. The van der Waals surface area contributed by atoms with E-state index in [1.807, 2.05) is 6.92 Å². The SMILES string of the molecule is C#CCOc1cc(F)c(COC(=O)N2CCN(C(=O)OC(C)(C)C)C[C@H]2CC)c(F)c1. The Balaban J connectivity index is 1.98. The number of rotatable bonds is 5. The van der Waals surface area contributed by atoms with Gasteiger partial charge in [-0.2, -0.15) is 0 Å². The summed E-state index contributed by atoms with van der Waals surface area (Å²) in [5, 5.41) is 0. The molecule has 1 heterocycles. The van der Waals surface area contributed by atoms with E-state index < -0.39 is 36.0 Å². The molecular weight excluding hydrogens is 410 g/mol. The Kier molecular flexibility index (Phi) is 8.08. The lowest BCUT2D eigenvalue weighted by Gasteiger charge is -2.40. The lowest BCUT2D eigenvalue weighted by molar-refractivity contribution is 0.000528. The third-order valence-corrected chi connectivity index (χ3v) is 4.62. The molecular formula is C22H28F2N2O5. The Bertz CT molecular complexity index is 824. The number of carbonyl (C=O) groups excluding carboxylic acids is 2. The van der Waals surface area contributed by atoms with Crippen molar-refractivity contribution in [2.24, 2.45) is 0 Å². The van der Waals surface area contributed by atoms with Gasteiger partial charge in [0.05, 0.1) is 11.6 Å². The molecule has 0 unspecified atom stereocenters. The largest absolute Gasteiger partial charge is 0.481 e. The highest BCUT2D eigenvalue weighted by Gasteiger charge is 2.34. The molecule has 0 aliphatic carbocycles. The average molecular weight is 438 g/mol. The van der Waals surface area contributed by atoms with E-state index in [9.17, 15) is 18.4 Å². The molecule has 2 rings (SSSR count). The maximum atomic E-state index is 14.2. The van der Waals surface area contributed by atoms with E-state index in [2.05, 4.69) is 5.92 Å². The molecule has 1 fully saturated rings. The second kappa shape index (κ2) is 10.3. The van der Waals surface area contributed by atoms with Crippen LogP contribution in [0.5, 0.6) is 5.75 Å². The van der Waals surface area contributed by atoms with E-state index in [1.165, 1.54) is 9.80 Å². The number of hydrogen-bond acceptors (Lipinski definition) is 5. The minimum absolute atomic E-state index is 0.0488. The van der Waals surface area contributed by atoms with Gasteiger partial charge in [0.25, 0.3) is 0 Å². The van der Waals surface area contributed by atoms with Crippen molar-refractivity contribution < 1.29 is 32.6 Å². The zero-order valence-corrected chi connectivity index (χ0v) is 18.2. The summed E-state index contributed by atoms with van der Waals surface area (Å²) in [5.41, 5.74) is -1.01. The number of ether oxygens (including phenoxy) is 3. The van der Waals surface area contributed by atoms with Crippen molar-refractivity contribution in [3.8, 4) is 18.1 Å². The normalized spacial score (nSPS) is 16.5. The first-order valence-electron chi connectivity index (χ1n) is 10.0. The van der Waals surface area contributed by atoms with Gasteiger partial charge in [-0.1, -0.05) is 12.8 Å². The standard InChI is InChI=1S/C22H28F2N2O5/c1-6-10-29-16-11-18(23)17(19(24)12-16)14-30-21(28)26-9-8-25(13-15(26)7-2)20(27)31-22(3,4)5/h1,11-12,15H,7-10,13-14H2,2-5H3/t15-/m1/s1. The quantitative estimate of drug-likeness (QED) is 0.652. The molecule has 0 radical (unpaired) electrons. The minimum atomic E-state index is -0.901. The molecule has 9 heteroatoms. The number of terminal acetylenes is 1. The maximum absolute atomic E-state index is 14.2. The van der Waals surface area contributed by atoms with E-state index in [4.69, 9.17) is 20.6 Å².